The predicted octanol–water partition coefficient (Wildman–Crippen LogP) is 4.31. The molecule has 1 aromatic rings. The van der Waals surface area contributed by atoms with Crippen molar-refractivity contribution < 1.29 is 9.90 Å². The summed E-state index contributed by atoms with van der Waals surface area (Å²) in [5.74, 6) is -0.875. The van der Waals surface area contributed by atoms with Crippen molar-refractivity contribution in [3.05, 3.63) is 15.6 Å². The summed E-state index contributed by atoms with van der Waals surface area (Å²) in [5.41, 5.74) is 0.294. The number of carbonyl (C=O) groups is 1. The number of carboxylic acid groups (broad SMARTS) is 1. The van der Waals surface area contributed by atoms with Crippen molar-refractivity contribution in [1.82, 2.24) is 4.98 Å². The van der Waals surface area contributed by atoms with E-state index in [2.05, 4.69) is 18.8 Å². The molecule has 0 aliphatic rings. The number of aromatic nitrogens is 1. The highest BCUT2D eigenvalue weighted by Gasteiger charge is 2.16. The van der Waals surface area contributed by atoms with Gasteiger partial charge in [0.25, 0.3) is 0 Å². The van der Waals surface area contributed by atoms with Crippen LogP contribution in [0.2, 0.25) is 0 Å². The second kappa shape index (κ2) is 8.25. The molecule has 0 aliphatic heterocycles. The number of nitrogens with zero attached hydrogens (tertiary/aromatic N) is 1. The van der Waals surface area contributed by atoms with E-state index in [4.69, 9.17) is 5.11 Å². The third kappa shape index (κ3) is 4.77. The summed E-state index contributed by atoms with van der Waals surface area (Å²) in [7, 11) is 0. The molecule has 102 valence electrons. The zero-order chi connectivity index (χ0) is 13.4. The number of thiazole rings is 1. The molecule has 0 radical (unpaired) electrons. The number of unbranched alkanes of at least 4 members (excludes halogenated alkanes) is 4. The summed E-state index contributed by atoms with van der Waals surface area (Å²) in [6.07, 6.45) is 8.64. The SMILES string of the molecule is CCCCCc1nc(C(=O)O)c(CCCCC)s1. The van der Waals surface area contributed by atoms with Crippen molar-refractivity contribution in [1.29, 1.82) is 0 Å². The van der Waals surface area contributed by atoms with E-state index < -0.39 is 5.97 Å². The van der Waals surface area contributed by atoms with E-state index in [1.165, 1.54) is 12.8 Å². The summed E-state index contributed by atoms with van der Waals surface area (Å²) in [6.45, 7) is 4.32. The lowest BCUT2D eigenvalue weighted by Crippen LogP contribution is -2.01. The van der Waals surface area contributed by atoms with Crippen LogP contribution in [0.4, 0.5) is 0 Å². The van der Waals surface area contributed by atoms with Crippen LogP contribution in [0, 0.1) is 0 Å². The van der Waals surface area contributed by atoms with Gasteiger partial charge < -0.3 is 5.11 Å². The predicted molar refractivity (Wildman–Crippen MR) is 75.5 cm³/mol. The summed E-state index contributed by atoms with van der Waals surface area (Å²) in [4.78, 5) is 16.4. The lowest BCUT2D eigenvalue weighted by Gasteiger charge is -1.97. The molecule has 0 saturated heterocycles. The van der Waals surface area contributed by atoms with Gasteiger partial charge in [0.2, 0.25) is 0 Å². The molecule has 18 heavy (non-hydrogen) atoms. The highest BCUT2D eigenvalue weighted by atomic mass is 32.1. The van der Waals surface area contributed by atoms with Crippen LogP contribution in [0.5, 0.6) is 0 Å². The molecule has 1 N–H and O–H groups in total. The van der Waals surface area contributed by atoms with E-state index in [9.17, 15) is 4.79 Å². The lowest BCUT2D eigenvalue weighted by atomic mass is 10.1. The zero-order valence-electron chi connectivity index (χ0n) is 11.4. The first-order chi connectivity index (χ1) is 8.69. The first-order valence-corrected chi connectivity index (χ1v) is 7.72. The van der Waals surface area contributed by atoms with Gasteiger partial charge in [-0.25, -0.2) is 9.78 Å². The molecule has 0 fully saturated rings. The fourth-order valence-electron chi connectivity index (χ4n) is 1.91. The van der Waals surface area contributed by atoms with Crippen molar-refractivity contribution in [2.75, 3.05) is 0 Å². The molecule has 0 bridgehead atoms. The Hall–Kier alpha value is -0.900. The van der Waals surface area contributed by atoms with Crippen molar-refractivity contribution >= 4 is 17.3 Å². The topological polar surface area (TPSA) is 50.2 Å². The Balaban J connectivity index is 2.64. The number of hydrogen-bond donors (Lipinski definition) is 1. The highest BCUT2D eigenvalue weighted by molar-refractivity contribution is 7.11. The quantitative estimate of drug-likeness (QED) is 0.680. The summed E-state index contributed by atoms with van der Waals surface area (Å²) in [6, 6.07) is 0. The Morgan fingerprint density at radius 3 is 2.28 bits per heavy atom. The minimum atomic E-state index is -0.875. The van der Waals surface area contributed by atoms with Crippen LogP contribution in [-0.2, 0) is 12.8 Å². The normalized spacial score (nSPS) is 10.8. The van der Waals surface area contributed by atoms with E-state index >= 15 is 0 Å². The first-order valence-electron chi connectivity index (χ1n) is 6.90. The Morgan fingerprint density at radius 2 is 1.72 bits per heavy atom. The average Bonchev–Trinajstić information content (AvgIpc) is 2.73. The van der Waals surface area contributed by atoms with Crippen LogP contribution < -0.4 is 0 Å². The standard InChI is InChI=1S/C14H23NO2S/c1-3-5-7-9-11-13(14(16)17)15-12(18-11)10-8-6-4-2/h3-10H2,1-2H3,(H,16,17). The van der Waals surface area contributed by atoms with Gasteiger partial charge in [-0.2, -0.15) is 0 Å². The van der Waals surface area contributed by atoms with E-state index in [0.717, 1.165) is 48.4 Å². The number of aryl methyl sites for hydroxylation is 2. The molecule has 0 atom stereocenters. The van der Waals surface area contributed by atoms with E-state index in [-0.39, 0.29) is 0 Å². The van der Waals surface area contributed by atoms with Gasteiger partial charge in [-0.15, -0.1) is 11.3 Å². The molecule has 0 amide bonds. The number of hydrogen-bond acceptors (Lipinski definition) is 3. The smallest absolute Gasteiger partial charge is 0.355 e. The average molecular weight is 269 g/mol. The Morgan fingerprint density at radius 1 is 1.11 bits per heavy atom. The molecular weight excluding hydrogens is 246 g/mol. The van der Waals surface area contributed by atoms with Crippen LogP contribution in [0.15, 0.2) is 0 Å². The van der Waals surface area contributed by atoms with E-state index in [1.54, 1.807) is 11.3 Å². The highest BCUT2D eigenvalue weighted by Crippen LogP contribution is 2.23. The van der Waals surface area contributed by atoms with Gasteiger partial charge in [0.15, 0.2) is 5.69 Å². The van der Waals surface area contributed by atoms with Crippen molar-refractivity contribution in [2.24, 2.45) is 0 Å². The summed E-state index contributed by atoms with van der Waals surface area (Å²) >= 11 is 1.60. The number of carboxylic acids is 1. The minimum Gasteiger partial charge on any atom is -0.476 e. The fraction of sp³-hybridized carbons (Fsp3) is 0.714. The molecule has 0 aromatic carbocycles. The maximum Gasteiger partial charge on any atom is 0.355 e. The fourth-order valence-corrected chi connectivity index (χ4v) is 3.05. The van der Waals surface area contributed by atoms with Crippen molar-refractivity contribution in [2.45, 2.75) is 65.2 Å². The lowest BCUT2D eigenvalue weighted by molar-refractivity contribution is 0.0690. The van der Waals surface area contributed by atoms with Crippen LogP contribution in [0.25, 0.3) is 0 Å². The Kier molecular flexibility index (Phi) is 6.94. The minimum absolute atomic E-state index is 0.294. The number of aromatic carboxylic acids is 1. The maximum absolute atomic E-state index is 11.1. The van der Waals surface area contributed by atoms with Gasteiger partial charge in [0.05, 0.1) is 5.01 Å². The molecule has 0 unspecified atom stereocenters. The van der Waals surface area contributed by atoms with Crippen LogP contribution in [0.3, 0.4) is 0 Å². The number of rotatable bonds is 9. The molecule has 0 aliphatic carbocycles. The van der Waals surface area contributed by atoms with Gasteiger partial charge in [-0.05, 0) is 25.7 Å². The molecule has 0 spiro atoms. The molecule has 4 heteroatoms. The zero-order valence-corrected chi connectivity index (χ0v) is 12.2. The van der Waals surface area contributed by atoms with Gasteiger partial charge in [0.1, 0.15) is 0 Å². The molecule has 0 saturated carbocycles. The van der Waals surface area contributed by atoms with Gasteiger partial charge in [-0.3, -0.25) is 0 Å². The second-order valence-corrected chi connectivity index (χ2v) is 5.77. The molecule has 3 nitrogen and oxygen atoms in total. The summed E-state index contributed by atoms with van der Waals surface area (Å²) < 4.78 is 0. The van der Waals surface area contributed by atoms with Crippen molar-refractivity contribution in [3.63, 3.8) is 0 Å². The Bertz CT molecular complexity index is 374. The van der Waals surface area contributed by atoms with Crippen LogP contribution in [-0.4, -0.2) is 16.1 Å². The second-order valence-electron chi connectivity index (χ2n) is 4.60. The van der Waals surface area contributed by atoms with E-state index in [1.807, 2.05) is 0 Å². The molecule has 1 heterocycles. The largest absolute Gasteiger partial charge is 0.476 e. The van der Waals surface area contributed by atoms with Gasteiger partial charge in [-0.1, -0.05) is 39.5 Å². The third-order valence-electron chi connectivity index (χ3n) is 2.95. The first kappa shape index (κ1) is 15.2. The van der Waals surface area contributed by atoms with Gasteiger partial charge >= 0.3 is 5.97 Å². The third-order valence-corrected chi connectivity index (χ3v) is 4.12. The van der Waals surface area contributed by atoms with Crippen molar-refractivity contribution in [3.8, 4) is 0 Å². The maximum atomic E-state index is 11.1. The van der Waals surface area contributed by atoms with Crippen LogP contribution >= 0.6 is 11.3 Å². The molecule has 1 aromatic heterocycles. The van der Waals surface area contributed by atoms with Gasteiger partial charge in [0, 0.05) is 4.88 Å². The van der Waals surface area contributed by atoms with E-state index in [0.29, 0.717) is 5.69 Å². The molecular formula is C14H23NO2S. The Labute approximate surface area is 113 Å². The monoisotopic (exact) mass is 269 g/mol. The van der Waals surface area contributed by atoms with Crippen LogP contribution in [0.1, 0.15) is 72.7 Å². The summed E-state index contributed by atoms with van der Waals surface area (Å²) in [5, 5.41) is 10.1. The molecule has 1 rings (SSSR count).